The number of carbonyl (C=O) groups excluding carboxylic acids is 1. The number of carbonyl (C=O) groups is 1. The molecular weight excluding hydrogens is 466 g/mol. The first-order chi connectivity index (χ1) is 16.7. The molecule has 2 saturated carbocycles. The molecule has 0 aliphatic heterocycles. The van der Waals surface area contributed by atoms with Gasteiger partial charge in [-0.3, -0.25) is 4.79 Å². The largest absolute Gasteiger partial charge is 0.349 e. The maximum atomic E-state index is 14.0. The molecule has 3 N–H and O–H groups in total. The summed E-state index contributed by atoms with van der Waals surface area (Å²) in [4.78, 5) is 24.2. The van der Waals surface area contributed by atoms with E-state index in [4.69, 9.17) is 0 Å². The Labute approximate surface area is 196 Å². The van der Waals surface area contributed by atoms with E-state index in [9.17, 15) is 22.4 Å². The van der Waals surface area contributed by atoms with Gasteiger partial charge in [0.15, 0.2) is 0 Å². The van der Waals surface area contributed by atoms with E-state index in [2.05, 4.69) is 30.7 Å². The summed E-state index contributed by atoms with van der Waals surface area (Å²) < 4.78 is 55.7. The number of halogens is 4. The van der Waals surface area contributed by atoms with Crippen molar-refractivity contribution in [2.24, 2.45) is 5.92 Å². The summed E-state index contributed by atoms with van der Waals surface area (Å²) in [6.45, 7) is -0.516. The fourth-order valence-corrected chi connectivity index (χ4v) is 4.43. The minimum Gasteiger partial charge on any atom is -0.349 e. The highest BCUT2D eigenvalue weighted by atomic mass is 19.3. The van der Waals surface area contributed by atoms with E-state index in [0.717, 1.165) is 11.1 Å². The van der Waals surface area contributed by atoms with Gasteiger partial charge in [0.2, 0.25) is 5.95 Å². The van der Waals surface area contributed by atoms with Crippen LogP contribution in [0, 0.1) is 5.92 Å². The zero-order chi connectivity index (χ0) is 24.4. The summed E-state index contributed by atoms with van der Waals surface area (Å²) in [5, 5.41) is 10.1. The topological polar surface area (TPSA) is 100 Å². The molecule has 2 aliphatic rings. The number of H-pyrrole nitrogens is 1. The molecule has 0 spiro atoms. The Morgan fingerprint density at radius 2 is 2.06 bits per heavy atom. The Kier molecular flexibility index (Phi) is 4.77. The lowest BCUT2D eigenvalue weighted by Gasteiger charge is -2.35. The van der Waals surface area contributed by atoms with Crippen molar-refractivity contribution in [1.29, 1.82) is 0 Å². The third-order valence-corrected chi connectivity index (χ3v) is 6.59. The van der Waals surface area contributed by atoms with Crippen LogP contribution in [0.15, 0.2) is 36.9 Å². The maximum absolute atomic E-state index is 14.0. The lowest BCUT2D eigenvalue weighted by molar-refractivity contribution is -0.0901. The van der Waals surface area contributed by atoms with Gasteiger partial charge >= 0.3 is 0 Å². The number of anilines is 1. The Hall–Kier alpha value is -3.70. The zero-order valence-corrected chi connectivity index (χ0v) is 18.4. The standard InChI is InChI=1S/C23H21F4N7O/c24-22(25)6-14(7-22)32-20(35)17-10-31-34-4-3-12(5-18(17)34)15-8-28-19-16(15)9-29-21(33-19)30-11-23(26,27)13-1-2-13/h3-5,8-10,13-14H,1-2,6-7,11H2,(H,32,35)(H2,28,29,30,33). The molecule has 4 heterocycles. The molecule has 1 amide bonds. The second kappa shape index (κ2) is 7.65. The molecule has 0 aromatic carbocycles. The van der Waals surface area contributed by atoms with Crippen LogP contribution in [0.3, 0.4) is 0 Å². The molecule has 6 rings (SSSR count). The van der Waals surface area contributed by atoms with E-state index < -0.39 is 36.3 Å². The second-order valence-corrected chi connectivity index (χ2v) is 9.29. The SMILES string of the molecule is O=C(NC1CC(F)(F)C1)c1cnn2ccc(-c3c[nH]c4nc(NCC(F)(F)C5CC5)ncc34)cc12. The van der Waals surface area contributed by atoms with Gasteiger partial charge in [0.1, 0.15) is 5.65 Å². The first kappa shape index (κ1) is 21.8. The first-order valence-corrected chi connectivity index (χ1v) is 11.3. The van der Waals surface area contributed by atoms with Gasteiger partial charge in [0.25, 0.3) is 17.8 Å². The number of fused-ring (bicyclic) bond motifs is 2. The number of nitrogens with one attached hydrogen (secondary N) is 3. The third kappa shape index (κ3) is 4.06. The molecule has 2 aliphatic carbocycles. The van der Waals surface area contributed by atoms with Gasteiger partial charge in [0, 0.05) is 54.3 Å². The molecule has 0 saturated heterocycles. The molecule has 12 heteroatoms. The molecule has 0 radical (unpaired) electrons. The monoisotopic (exact) mass is 487 g/mol. The van der Waals surface area contributed by atoms with E-state index in [1.54, 1.807) is 30.7 Å². The Balaban J connectivity index is 1.24. The fourth-order valence-electron chi connectivity index (χ4n) is 4.43. The number of alkyl halides is 4. The number of amides is 1. The summed E-state index contributed by atoms with van der Waals surface area (Å²) in [5.74, 6) is -6.44. The summed E-state index contributed by atoms with van der Waals surface area (Å²) in [7, 11) is 0. The molecule has 4 aromatic heterocycles. The highest BCUT2D eigenvalue weighted by Crippen LogP contribution is 2.43. The van der Waals surface area contributed by atoms with E-state index in [-0.39, 0.29) is 24.4 Å². The predicted molar refractivity (Wildman–Crippen MR) is 120 cm³/mol. The lowest BCUT2D eigenvalue weighted by atomic mass is 9.88. The summed E-state index contributed by atoms with van der Waals surface area (Å²) in [6, 6.07) is 3.01. The van der Waals surface area contributed by atoms with Gasteiger partial charge in [0.05, 0.1) is 23.8 Å². The average Bonchev–Trinajstić information content (AvgIpc) is 3.46. The third-order valence-electron chi connectivity index (χ3n) is 6.59. The normalized spacial score (nSPS) is 18.1. The van der Waals surface area contributed by atoms with Crippen molar-refractivity contribution in [1.82, 2.24) is 29.9 Å². The van der Waals surface area contributed by atoms with Crippen molar-refractivity contribution >= 4 is 28.4 Å². The van der Waals surface area contributed by atoms with Crippen LogP contribution in [0.1, 0.15) is 36.0 Å². The van der Waals surface area contributed by atoms with Crippen molar-refractivity contribution < 1.29 is 22.4 Å². The molecule has 0 bridgehead atoms. The van der Waals surface area contributed by atoms with Crippen LogP contribution >= 0.6 is 0 Å². The number of nitrogens with zero attached hydrogens (tertiary/aromatic N) is 4. The number of hydrogen-bond acceptors (Lipinski definition) is 5. The Morgan fingerprint density at radius 3 is 2.80 bits per heavy atom. The van der Waals surface area contributed by atoms with Gasteiger partial charge in [-0.1, -0.05) is 0 Å². The Bertz CT molecular complexity index is 1430. The van der Waals surface area contributed by atoms with Gasteiger partial charge in [-0.05, 0) is 30.5 Å². The molecular formula is C23H21F4N7O. The van der Waals surface area contributed by atoms with Crippen molar-refractivity contribution in [2.45, 2.75) is 43.6 Å². The zero-order valence-electron chi connectivity index (χ0n) is 18.4. The van der Waals surface area contributed by atoms with E-state index in [1.807, 2.05) is 0 Å². The van der Waals surface area contributed by atoms with Gasteiger partial charge in [-0.25, -0.2) is 27.1 Å². The molecule has 8 nitrogen and oxygen atoms in total. The number of pyridine rings is 1. The molecule has 35 heavy (non-hydrogen) atoms. The van der Waals surface area contributed by atoms with Gasteiger partial charge < -0.3 is 15.6 Å². The maximum Gasteiger partial charge on any atom is 0.267 e. The summed E-state index contributed by atoms with van der Waals surface area (Å²) >= 11 is 0. The number of rotatable bonds is 7. The number of aromatic nitrogens is 5. The number of hydrogen-bond donors (Lipinski definition) is 3. The lowest BCUT2D eigenvalue weighted by Crippen LogP contribution is -2.50. The highest BCUT2D eigenvalue weighted by molar-refractivity contribution is 6.02. The minimum absolute atomic E-state index is 0.109. The summed E-state index contributed by atoms with van der Waals surface area (Å²) in [5.41, 5.74) is 2.77. The van der Waals surface area contributed by atoms with E-state index >= 15 is 0 Å². The molecule has 182 valence electrons. The van der Waals surface area contributed by atoms with E-state index in [1.165, 1.54) is 10.7 Å². The molecule has 0 atom stereocenters. The van der Waals surface area contributed by atoms with Crippen LogP contribution in [-0.4, -0.2) is 54.9 Å². The van der Waals surface area contributed by atoms with Crippen LogP contribution in [-0.2, 0) is 0 Å². The van der Waals surface area contributed by atoms with Gasteiger partial charge in [-0.15, -0.1) is 0 Å². The van der Waals surface area contributed by atoms with Crippen molar-refractivity contribution in [3.8, 4) is 11.1 Å². The number of aromatic amines is 1. The smallest absolute Gasteiger partial charge is 0.267 e. The quantitative estimate of drug-likeness (QED) is 0.339. The minimum atomic E-state index is -2.79. The van der Waals surface area contributed by atoms with E-state index in [0.29, 0.717) is 29.4 Å². The summed E-state index contributed by atoms with van der Waals surface area (Å²) in [6.07, 6.45) is 6.71. The first-order valence-electron chi connectivity index (χ1n) is 11.3. The van der Waals surface area contributed by atoms with Crippen LogP contribution in [0.2, 0.25) is 0 Å². The van der Waals surface area contributed by atoms with Gasteiger partial charge in [-0.2, -0.15) is 10.1 Å². The molecule has 0 unspecified atom stereocenters. The van der Waals surface area contributed by atoms with Crippen LogP contribution < -0.4 is 10.6 Å². The molecule has 2 fully saturated rings. The van der Waals surface area contributed by atoms with Crippen molar-refractivity contribution in [3.05, 3.63) is 42.5 Å². The predicted octanol–water partition coefficient (Wildman–Crippen LogP) is 4.26. The molecule has 4 aromatic rings. The fraction of sp³-hybridized carbons (Fsp3) is 0.391. The van der Waals surface area contributed by atoms with Crippen molar-refractivity contribution in [2.75, 3.05) is 11.9 Å². The van der Waals surface area contributed by atoms with Crippen molar-refractivity contribution in [3.63, 3.8) is 0 Å². The second-order valence-electron chi connectivity index (χ2n) is 9.29. The van der Waals surface area contributed by atoms with Crippen LogP contribution in [0.5, 0.6) is 0 Å². The van der Waals surface area contributed by atoms with Crippen LogP contribution in [0.25, 0.3) is 27.7 Å². The Morgan fingerprint density at radius 1 is 1.26 bits per heavy atom. The average molecular weight is 487 g/mol. The van der Waals surface area contributed by atoms with Crippen LogP contribution in [0.4, 0.5) is 23.5 Å². The highest BCUT2D eigenvalue weighted by Gasteiger charge is 2.47.